The molecule has 1 heterocycles. The third-order valence-electron chi connectivity index (χ3n) is 2.07. The SMILES string of the molecule is CC(C)C[C@@H](NC(=O)Nc1cn[nH]c1)C(=O)O. The van der Waals surface area contributed by atoms with Gasteiger partial charge in [0, 0.05) is 6.20 Å². The van der Waals surface area contributed by atoms with Crippen LogP contribution in [-0.4, -0.2) is 33.3 Å². The Morgan fingerprint density at radius 2 is 2.24 bits per heavy atom. The molecule has 0 unspecified atom stereocenters. The van der Waals surface area contributed by atoms with Crippen LogP contribution in [0.2, 0.25) is 0 Å². The van der Waals surface area contributed by atoms with E-state index in [2.05, 4.69) is 20.8 Å². The zero-order valence-electron chi connectivity index (χ0n) is 9.73. The largest absolute Gasteiger partial charge is 0.480 e. The molecule has 0 bridgehead atoms. The number of nitrogens with one attached hydrogen (secondary N) is 3. The van der Waals surface area contributed by atoms with Gasteiger partial charge < -0.3 is 15.7 Å². The maximum Gasteiger partial charge on any atom is 0.326 e. The summed E-state index contributed by atoms with van der Waals surface area (Å²) in [6.07, 6.45) is 3.31. The lowest BCUT2D eigenvalue weighted by molar-refractivity contribution is -0.139. The highest BCUT2D eigenvalue weighted by Crippen LogP contribution is 2.06. The predicted molar refractivity (Wildman–Crippen MR) is 61.6 cm³/mol. The molecule has 0 aliphatic rings. The molecule has 94 valence electrons. The number of anilines is 1. The van der Waals surface area contributed by atoms with Gasteiger partial charge in [0.05, 0.1) is 11.9 Å². The Morgan fingerprint density at radius 1 is 1.53 bits per heavy atom. The van der Waals surface area contributed by atoms with Gasteiger partial charge in [-0.1, -0.05) is 13.8 Å². The molecule has 7 nitrogen and oxygen atoms in total. The molecular weight excluding hydrogens is 224 g/mol. The van der Waals surface area contributed by atoms with Gasteiger partial charge in [0.2, 0.25) is 0 Å². The quantitative estimate of drug-likeness (QED) is 0.616. The van der Waals surface area contributed by atoms with E-state index in [0.717, 1.165) is 0 Å². The second-order valence-corrected chi connectivity index (χ2v) is 4.11. The van der Waals surface area contributed by atoms with Crippen LogP contribution in [0.25, 0.3) is 0 Å². The Kier molecular flexibility index (Phi) is 4.50. The Labute approximate surface area is 98.6 Å². The minimum Gasteiger partial charge on any atom is -0.480 e. The zero-order valence-corrected chi connectivity index (χ0v) is 9.73. The molecule has 1 atom stereocenters. The monoisotopic (exact) mass is 240 g/mol. The number of nitrogens with zero attached hydrogens (tertiary/aromatic N) is 1. The number of urea groups is 1. The summed E-state index contributed by atoms with van der Waals surface area (Å²) in [7, 11) is 0. The van der Waals surface area contributed by atoms with E-state index in [-0.39, 0.29) is 5.92 Å². The van der Waals surface area contributed by atoms with Crippen LogP contribution in [0.15, 0.2) is 12.4 Å². The van der Waals surface area contributed by atoms with Gasteiger partial charge in [-0.05, 0) is 12.3 Å². The number of aliphatic carboxylic acids is 1. The lowest BCUT2D eigenvalue weighted by Gasteiger charge is -2.16. The van der Waals surface area contributed by atoms with E-state index < -0.39 is 18.0 Å². The molecule has 0 aliphatic heterocycles. The highest BCUT2D eigenvalue weighted by molar-refractivity contribution is 5.91. The van der Waals surface area contributed by atoms with Crippen molar-refractivity contribution in [3.63, 3.8) is 0 Å². The summed E-state index contributed by atoms with van der Waals surface area (Å²) in [6, 6.07) is -1.44. The molecule has 0 radical (unpaired) electrons. The summed E-state index contributed by atoms with van der Waals surface area (Å²) < 4.78 is 0. The molecule has 0 aliphatic carbocycles. The van der Waals surface area contributed by atoms with Crippen molar-refractivity contribution in [3.8, 4) is 0 Å². The number of carbonyl (C=O) groups excluding carboxylic acids is 1. The number of aromatic nitrogens is 2. The summed E-state index contributed by atoms with van der Waals surface area (Å²) in [5, 5.41) is 20.0. The minimum atomic E-state index is -1.04. The smallest absolute Gasteiger partial charge is 0.326 e. The van der Waals surface area contributed by atoms with Crippen molar-refractivity contribution in [1.29, 1.82) is 0 Å². The Bertz CT molecular complexity index is 375. The first kappa shape index (κ1) is 13.0. The molecule has 1 aromatic heterocycles. The number of carboxylic acid groups (broad SMARTS) is 1. The fraction of sp³-hybridized carbons (Fsp3) is 0.500. The van der Waals surface area contributed by atoms with E-state index in [9.17, 15) is 9.59 Å². The number of aromatic amines is 1. The maximum atomic E-state index is 11.5. The molecule has 0 saturated carbocycles. The molecule has 0 saturated heterocycles. The van der Waals surface area contributed by atoms with Gasteiger partial charge in [-0.25, -0.2) is 9.59 Å². The number of carboxylic acids is 1. The van der Waals surface area contributed by atoms with Crippen molar-refractivity contribution >= 4 is 17.7 Å². The molecule has 1 aromatic rings. The Morgan fingerprint density at radius 3 is 2.71 bits per heavy atom. The van der Waals surface area contributed by atoms with Crippen LogP contribution in [0.3, 0.4) is 0 Å². The van der Waals surface area contributed by atoms with Crippen LogP contribution < -0.4 is 10.6 Å². The summed E-state index contributed by atoms with van der Waals surface area (Å²) in [5.41, 5.74) is 0.483. The summed E-state index contributed by atoms with van der Waals surface area (Å²) in [6.45, 7) is 3.79. The van der Waals surface area contributed by atoms with Crippen molar-refractivity contribution in [2.24, 2.45) is 5.92 Å². The fourth-order valence-electron chi connectivity index (χ4n) is 1.34. The van der Waals surface area contributed by atoms with Crippen molar-refractivity contribution < 1.29 is 14.7 Å². The van der Waals surface area contributed by atoms with Gasteiger partial charge in [0.1, 0.15) is 6.04 Å². The van der Waals surface area contributed by atoms with Crippen LogP contribution in [0.4, 0.5) is 10.5 Å². The number of hydrogen-bond acceptors (Lipinski definition) is 3. The van der Waals surface area contributed by atoms with Gasteiger partial charge >= 0.3 is 12.0 Å². The predicted octanol–water partition coefficient (Wildman–Crippen LogP) is 1.03. The average Bonchev–Trinajstić information content (AvgIpc) is 2.68. The molecular formula is C10H16N4O3. The Hall–Kier alpha value is -2.05. The third kappa shape index (κ3) is 4.54. The number of amides is 2. The van der Waals surface area contributed by atoms with Crippen LogP contribution >= 0.6 is 0 Å². The fourth-order valence-corrected chi connectivity index (χ4v) is 1.34. The second kappa shape index (κ2) is 5.88. The van der Waals surface area contributed by atoms with Crippen LogP contribution in [0, 0.1) is 5.92 Å². The maximum absolute atomic E-state index is 11.5. The van der Waals surface area contributed by atoms with E-state index in [1.165, 1.54) is 12.4 Å². The summed E-state index contributed by atoms with van der Waals surface area (Å²) in [4.78, 5) is 22.4. The summed E-state index contributed by atoms with van der Waals surface area (Å²) in [5.74, 6) is -0.855. The van der Waals surface area contributed by atoms with E-state index >= 15 is 0 Å². The van der Waals surface area contributed by atoms with Crippen molar-refractivity contribution in [2.75, 3.05) is 5.32 Å². The average molecular weight is 240 g/mol. The molecule has 7 heteroatoms. The second-order valence-electron chi connectivity index (χ2n) is 4.11. The first-order valence-corrected chi connectivity index (χ1v) is 5.28. The molecule has 4 N–H and O–H groups in total. The number of H-pyrrole nitrogens is 1. The van der Waals surface area contributed by atoms with Gasteiger partial charge in [-0.2, -0.15) is 5.10 Å². The van der Waals surface area contributed by atoms with Gasteiger partial charge in [-0.15, -0.1) is 0 Å². The van der Waals surface area contributed by atoms with Crippen LogP contribution in [0.1, 0.15) is 20.3 Å². The first-order valence-electron chi connectivity index (χ1n) is 5.28. The van der Waals surface area contributed by atoms with Gasteiger partial charge in [0.15, 0.2) is 0 Å². The molecule has 0 spiro atoms. The van der Waals surface area contributed by atoms with Crippen LogP contribution in [0.5, 0.6) is 0 Å². The number of hydrogen-bond donors (Lipinski definition) is 4. The van der Waals surface area contributed by atoms with E-state index in [1.54, 1.807) is 0 Å². The number of rotatable bonds is 5. The van der Waals surface area contributed by atoms with Crippen molar-refractivity contribution in [2.45, 2.75) is 26.3 Å². The molecule has 0 fully saturated rings. The topological polar surface area (TPSA) is 107 Å². The normalized spacial score (nSPS) is 12.2. The first-order chi connectivity index (χ1) is 7.99. The highest BCUT2D eigenvalue weighted by atomic mass is 16.4. The molecule has 2 amide bonds. The van der Waals surface area contributed by atoms with Crippen LogP contribution in [-0.2, 0) is 4.79 Å². The third-order valence-corrected chi connectivity index (χ3v) is 2.07. The minimum absolute atomic E-state index is 0.185. The molecule has 1 rings (SSSR count). The lowest BCUT2D eigenvalue weighted by Crippen LogP contribution is -2.43. The zero-order chi connectivity index (χ0) is 12.8. The van der Waals surface area contributed by atoms with Crippen molar-refractivity contribution in [1.82, 2.24) is 15.5 Å². The van der Waals surface area contributed by atoms with E-state index in [0.29, 0.717) is 12.1 Å². The van der Waals surface area contributed by atoms with Crippen molar-refractivity contribution in [3.05, 3.63) is 12.4 Å². The van der Waals surface area contributed by atoms with E-state index in [4.69, 9.17) is 5.11 Å². The lowest BCUT2D eigenvalue weighted by atomic mass is 10.0. The van der Waals surface area contributed by atoms with E-state index in [1.807, 2.05) is 13.8 Å². The molecule has 17 heavy (non-hydrogen) atoms. The standard InChI is InChI=1S/C10H16N4O3/c1-6(2)3-8(9(15)16)14-10(17)13-7-4-11-12-5-7/h4-6,8H,3H2,1-2H3,(H,11,12)(H,15,16)(H2,13,14,17)/t8-/m1/s1. The summed E-state index contributed by atoms with van der Waals surface area (Å²) >= 11 is 0. The highest BCUT2D eigenvalue weighted by Gasteiger charge is 2.20. The van der Waals surface area contributed by atoms with Gasteiger partial charge in [0.25, 0.3) is 0 Å². The molecule has 0 aromatic carbocycles. The van der Waals surface area contributed by atoms with Gasteiger partial charge in [-0.3, -0.25) is 5.10 Å². The number of carbonyl (C=O) groups is 2. The Balaban J connectivity index is 2.49.